The number of rotatable bonds is 11. The van der Waals surface area contributed by atoms with Crippen LogP contribution < -0.4 is 0 Å². The first-order valence-electron chi connectivity index (χ1n) is 6.93. The molecule has 0 saturated heterocycles. The second-order valence-corrected chi connectivity index (χ2v) is 5.25. The molecule has 0 amide bonds. The number of allylic oxidation sites excluding steroid dienone is 3. The zero-order valence-corrected chi connectivity index (χ0v) is 13.2. The predicted molar refractivity (Wildman–Crippen MR) is 85.6 cm³/mol. The van der Waals surface area contributed by atoms with Crippen LogP contribution in [0, 0.1) is 5.92 Å². The summed E-state index contributed by atoms with van der Waals surface area (Å²) in [6.45, 7) is 12.3. The molecule has 0 N–H and O–H groups in total. The molecule has 0 fully saturated rings. The summed E-state index contributed by atoms with van der Waals surface area (Å²) in [6, 6.07) is 0. The second kappa shape index (κ2) is 11.7. The molecule has 0 aromatic heterocycles. The molecule has 0 heterocycles. The van der Waals surface area contributed by atoms with Gasteiger partial charge in [-0.15, -0.1) is 6.58 Å². The predicted octanol–water partition coefficient (Wildman–Crippen LogP) is 5.46. The zero-order chi connectivity index (χ0) is 13.8. The first kappa shape index (κ1) is 17.6. The minimum atomic E-state index is 0.231. The summed E-state index contributed by atoms with van der Waals surface area (Å²) in [5.74, 6) is 0.721. The van der Waals surface area contributed by atoms with Gasteiger partial charge in [0.1, 0.15) is 0 Å². The van der Waals surface area contributed by atoms with Crippen LogP contribution in [0.3, 0.4) is 0 Å². The molecular weight excluding hydrogens is 239 g/mol. The minimum absolute atomic E-state index is 0.231. The molecule has 2 heteroatoms. The lowest BCUT2D eigenvalue weighted by Gasteiger charge is -2.11. The molecule has 0 aromatic rings. The van der Waals surface area contributed by atoms with Crippen LogP contribution >= 0.6 is 9.47 Å². The Labute approximate surface area is 116 Å². The Hall–Kier alpha value is -0.390. The van der Waals surface area contributed by atoms with Crippen LogP contribution in [0.1, 0.15) is 52.4 Å². The maximum atomic E-state index is 5.21. The molecular formula is C16H29OP. The quantitative estimate of drug-likeness (QED) is 0.357. The molecule has 0 bridgehead atoms. The van der Waals surface area contributed by atoms with Gasteiger partial charge < -0.3 is 4.52 Å². The average Bonchev–Trinajstić information content (AvgIpc) is 2.36. The van der Waals surface area contributed by atoms with Gasteiger partial charge in [-0.2, -0.15) is 0 Å². The van der Waals surface area contributed by atoms with Gasteiger partial charge in [-0.25, -0.2) is 0 Å². The third kappa shape index (κ3) is 9.62. The molecule has 0 spiro atoms. The molecule has 0 aliphatic rings. The second-order valence-electron chi connectivity index (χ2n) is 4.97. The fraction of sp³-hybridized carbons (Fsp3) is 0.625. The van der Waals surface area contributed by atoms with Crippen LogP contribution in [-0.4, -0.2) is 6.10 Å². The molecule has 104 valence electrons. The molecule has 1 nitrogen and oxygen atoms in total. The Morgan fingerprint density at radius 2 is 2.11 bits per heavy atom. The van der Waals surface area contributed by atoms with Crippen molar-refractivity contribution in [3.63, 3.8) is 0 Å². The van der Waals surface area contributed by atoms with Crippen molar-refractivity contribution in [3.8, 4) is 0 Å². The number of hydrogen-bond acceptors (Lipinski definition) is 1. The SMILES string of the molecule is C=CCC[C@H](C)CC(=C)CC/C=C\[C@H](CC)OP. The van der Waals surface area contributed by atoms with E-state index < -0.39 is 0 Å². The van der Waals surface area contributed by atoms with Crippen molar-refractivity contribution in [3.05, 3.63) is 37.0 Å². The number of hydrogen-bond donors (Lipinski definition) is 0. The van der Waals surface area contributed by atoms with Gasteiger partial charge in [-0.05, 0) is 44.4 Å². The van der Waals surface area contributed by atoms with Crippen LogP contribution in [0.25, 0.3) is 0 Å². The summed E-state index contributed by atoms with van der Waals surface area (Å²) in [4.78, 5) is 0. The van der Waals surface area contributed by atoms with Crippen molar-refractivity contribution in [1.29, 1.82) is 0 Å². The van der Waals surface area contributed by atoms with E-state index in [0.29, 0.717) is 0 Å². The van der Waals surface area contributed by atoms with Crippen LogP contribution in [-0.2, 0) is 4.52 Å². The molecule has 0 aliphatic carbocycles. The highest BCUT2D eigenvalue weighted by molar-refractivity contribution is 7.09. The fourth-order valence-electron chi connectivity index (χ4n) is 1.91. The van der Waals surface area contributed by atoms with Crippen molar-refractivity contribution >= 4 is 9.47 Å². The van der Waals surface area contributed by atoms with Crippen molar-refractivity contribution in [2.45, 2.75) is 58.5 Å². The monoisotopic (exact) mass is 268 g/mol. The lowest BCUT2D eigenvalue weighted by molar-refractivity contribution is 0.288. The fourth-order valence-corrected chi connectivity index (χ4v) is 2.20. The van der Waals surface area contributed by atoms with Gasteiger partial charge in [-0.3, -0.25) is 0 Å². The highest BCUT2D eigenvalue weighted by Gasteiger charge is 2.03. The van der Waals surface area contributed by atoms with Gasteiger partial charge in [0.05, 0.1) is 6.10 Å². The molecule has 0 radical (unpaired) electrons. The van der Waals surface area contributed by atoms with Crippen molar-refractivity contribution in [2.24, 2.45) is 5.92 Å². The van der Waals surface area contributed by atoms with Gasteiger partial charge in [0, 0.05) is 9.47 Å². The molecule has 3 atom stereocenters. The van der Waals surface area contributed by atoms with Crippen LogP contribution in [0.5, 0.6) is 0 Å². The zero-order valence-electron chi connectivity index (χ0n) is 12.0. The maximum absolute atomic E-state index is 5.21. The van der Waals surface area contributed by atoms with Crippen LogP contribution in [0.2, 0.25) is 0 Å². The van der Waals surface area contributed by atoms with Gasteiger partial charge in [0.2, 0.25) is 0 Å². The molecule has 0 aliphatic heterocycles. The summed E-state index contributed by atoms with van der Waals surface area (Å²) < 4.78 is 5.21. The summed E-state index contributed by atoms with van der Waals surface area (Å²) in [7, 11) is 2.33. The lowest BCUT2D eigenvalue weighted by Crippen LogP contribution is -2.00. The Bertz CT molecular complexity index is 254. The van der Waals surface area contributed by atoms with E-state index in [1.165, 1.54) is 12.0 Å². The normalized spacial score (nSPS) is 14.6. The van der Waals surface area contributed by atoms with E-state index in [0.717, 1.165) is 38.0 Å². The van der Waals surface area contributed by atoms with Crippen molar-refractivity contribution in [2.75, 3.05) is 0 Å². The topological polar surface area (TPSA) is 9.23 Å². The van der Waals surface area contributed by atoms with Gasteiger partial charge in [0.15, 0.2) is 0 Å². The largest absolute Gasteiger partial charge is 0.358 e. The molecule has 0 aromatic carbocycles. The Morgan fingerprint density at radius 1 is 1.39 bits per heavy atom. The molecule has 0 rings (SSSR count). The summed E-state index contributed by atoms with van der Waals surface area (Å²) in [5, 5.41) is 0. The molecule has 18 heavy (non-hydrogen) atoms. The smallest absolute Gasteiger partial charge is 0.0788 e. The van der Waals surface area contributed by atoms with E-state index in [9.17, 15) is 0 Å². The van der Waals surface area contributed by atoms with Gasteiger partial charge in [-0.1, -0.05) is 44.2 Å². The minimum Gasteiger partial charge on any atom is -0.358 e. The highest BCUT2D eigenvalue weighted by Crippen LogP contribution is 2.19. The molecule has 1 unspecified atom stereocenters. The molecule has 0 saturated carbocycles. The third-order valence-corrected chi connectivity index (χ3v) is 3.44. The van der Waals surface area contributed by atoms with Crippen LogP contribution in [0.15, 0.2) is 37.0 Å². The Kier molecular flexibility index (Phi) is 11.4. The van der Waals surface area contributed by atoms with E-state index in [-0.39, 0.29) is 6.10 Å². The van der Waals surface area contributed by atoms with E-state index >= 15 is 0 Å². The Balaban J connectivity index is 3.73. The average molecular weight is 268 g/mol. The van der Waals surface area contributed by atoms with E-state index in [4.69, 9.17) is 4.52 Å². The standard InChI is InChI=1S/C16H29OP/c1-5-7-10-14(3)13-15(4)11-8-9-12-16(6-2)17-18/h5,9,12,14,16H,1,4,6-8,10-11,13,18H2,2-3H3/b12-9-/t14-,16-/m0/s1. The van der Waals surface area contributed by atoms with Crippen molar-refractivity contribution in [1.82, 2.24) is 0 Å². The Morgan fingerprint density at radius 3 is 2.67 bits per heavy atom. The lowest BCUT2D eigenvalue weighted by atomic mass is 9.95. The summed E-state index contributed by atoms with van der Waals surface area (Å²) in [5.41, 5.74) is 1.36. The van der Waals surface area contributed by atoms with Crippen LogP contribution in [0.4, 0.5) is 0 Å². The maximum Gasteiger partial charge on any atom is 0.0788 e. The van der Waals surface area contributed by atoms with E-state index in [2.05, 4.69) is 48.6 Å². The third-order valence-electron chi connectivity index (χ3n) is 3.09. The van der Waals surface area contributed by atoms with Gasteiger partial charge >= 0.3 is 0 Å². The summed E-state index contributed by atoms with van der Waals surface area (Å²) in [6.07, 6.45) is 13.2. The first-order chi connectivity index (χ1) is 8.63. The highest BCUT2D eigenvalue weighted by atomic mass is 31.0. The first-order valence-corrected chi connectivity index (χ1v) is 7.40. The van der Waals surface area contributed by atoms with Crippen molar-refractivity contribution < 1.29 is 4.52 Å². The van der Waals surface area contributed by atoms with E-state index in [1.54, 1.807) is 0 Å². The van der Waals surface area contributed by atoms with Gasteiger partial charge in [0.25, 0.3) is 0 Å². The van der Waals surface area contributed by atoms with E-state index in [1.807, 2.05) is 6.08 Å². The summed E-state index contributed by atoms with van der Waals surface area (Å²) >= 11 is 0.